The Kier molecular flexibility index (Phi) is 6.23. The van der Waals surface area contributed by atoms with E-state index in [1.165, 1.54) is 6.07 Å². The summed E-state index contributed by atoms with van der Waals surface area (Å²) < 4.78 is 12.7. The zero-order valence-electron chi connectivity index (χ0n) is 16.7. The van der Waals surface area contributed by atoms with Gasteiger partial charge in [-0.25, -0.2) is 10.2 Å². The number of fused-ring (bicyclic) bond motifs is 1. The molecule has 2 N–H and O–H groups in total. The van der Waals surface area contributed by atoms with Crippen molar-refractivity contribution >= 4 is 40.6 Å². The highest BCUT2D eigenvalue weighted by atomic mass is 35.5. The molecule has 0 bridgehead atoms. The van der Waals surface area contributed by atoms with Gasteiger partial charge in [-0.3, -0.25) is 4.79 Å². The molecule has 32 heavy (non-hydrogen) atoms. The number of benzene rings is 2. The van der Waals surface area contributed by atoms with Crippen LogP contribution in [0.25, 0.3) is 10.9 Å². The highest BCUT2D eigenvalue weighted by Crippen LogP contribution is 2.22. The monoisotopic (exact) mass is 451 g/mol. The van der Waals surface area contributed by atoms with Crippen molar-refractivity contribution in [2.75, 3.05) is 6.61 Å². The Morgan fingerprint density at radius 1 is 1.16 bits per heavy atom. The number of aromatic carboxylic acids is 1. The number of hydrogen-bond acceptors (Lipinski definition) is 5. The second-order valence-corrected chi connectivity index (χ2v) is 7.28. The summed E-state index contributed by atoms with van der Waals surface area (Å²) in [6.07, 6.45) is 3.40. The Balaban J connectivity index is 1.44. The zero-order valence-corrected chi connectivity index (χ0v) is 17.5. The number of nitrogens with one attached hydrogen (secondary N) is 1. The van der Waals surface area contributed by atoms with E-state index in [-0.39, 0.29) is 12.4 Å². The number of nitrogens with zero attached hydrogens (tertiary/aromatic N) is 2. The van der Waals surface area contributed by atoms with Crippen molar-refractivity contribution in [1.82, 2.24) is 9.99 Å². The number of para-hydroxylation sites is 1. The minimum Gasteiger partial charge on any atom is -0.484 e. The first-order valence-corrected chi connectivity index (χ1v) is 9.97. The largest absolute Gasteiger partial charge is 0.484 e. The van der Waals surface area contributed by atoms with Crippen molar-refractivity contribution in [2.45, 2.75) is 6.54 Å². The second-order valence-electron chi connectivity index (χ2n) is 6.84. The van der Waals surface area contributed by atoms with Gasteiger partial charge in [-0.1, -0.05) is 35.9 Å². The molecule has 2 heterocycles. The highest BCUT2D eigenvalue weighted by molar-refractivity contribution is 6.30. The quantitative estimate of drug-likeness (QED) is 0.309. The topological polar surface area (TPSA) is 106 Å². The molecule has 0 aliphatic rings. The average molecular weight is 452 g/mol. The minimum absolute atomic E-state index is 0.110. The molecule has 0 aliphatic carbocycles. The van der Waals surface area contributed by atoms with Gasteiger partial charge in [0.1, 0.15) is 11.5 Å². The van der Waals surface area contributed by atoms with E-state index in [1.54, 1.807) is 36.5 Å². The van der Waals surface area contributed by atoms with E-state index in [2.05, 4.69) is 10.5 Å². The molecule has 4 rings (SSSR count). The Bertz CT molecular complexity index is 1310. The van der Waals surface area contributed by atoms with E-state index in [4.69, 9.17) is 25.9 Å². The van der Waals surface area contributed by atoms with Gasteiger partial charge in [-0.15, -0.1) is 0 Å². The Morgan fingerprint density at radius 2 is 2.00 bits per heavy atom. The molecule has 162 valence electrons. The third-order valence-corrected chi connectivity index (χ3v) is 4.81. The average Bonchev–Trinajstić information content (AvgIpc) is 3.38. The molecule has 2 aromatic heterocycles. The molecular weight excluding hydrogens is 434 g/mol. The van der Waals surface area contributed by atoms with Crippen LogP contribution in [0.2, 0.25) is 5.02 Å². The minimum atomic E-state index is -1.11. The molecule has 8 nitrogen and oxygen atoms in total. The van der Waals surface area contributed by atoms with Crippen molar-refractivity contribution in [3.8, 4) is 5.75 Å². The first kappa shape index (κ1) is 21.2. The van der Waals surface area contributed by atoms with Crippen LogP contribution in [0.3, 0.4) is 0 Å². The number of carbonyl (C=O) groups is 2. The predicted molar refractivity (Wildman–Crippen MR) is 119 cm³/mol. The Hall–Kier alpha value is -4.04. The number of carboxylic acids is 1. The molecule has 0 aliphatic heterocycles. The number of amides is 1. The smallest absolute Gasteiger partial charge is 0.371 e. The van der Waals surface area contributed by atoms with Gasteiger partial charge in [0.25, 0.3) is 5.91 Å². The van der Waals surface area contributed by atoms with Gasteiger partial charge in [0.15, 0.2) is 6.61 Å². The fourth-order valence-corrected chi connectivity index (χ4v) is 3.35. The summed E-state index contributed by atoms with van der Waals surface area (Å²) in [6.45, 7) is 0.144. The van der Waals surface area contributed by atoms with E-state index in [1.807, 2.05) is 35.0 Å². The van der Waals surface area contributed by atoms with Crippen LogP contribution in [0, 0.1) is 0 Å². The molecule has 4 aromatic rings. The van der Waals surface area contributed by atoms with Crippen LogP contribution in [0.5, 0.6) is 5.75 Å². The summed E-state index contributed by atoms with van der Waals surface area (Å²) in [5.41, 5.74) is 4.13. The van der Waals surface area contributed by atoms with E-state index in [9.17, 15) is 9.59 Å². The molecule has 0 saturated carbocycles. The second kappa shape index (κ2) is 9.40. The lowest BCUT2D eigenvalue weighted by Crippen LogP contribution is -2.24. The van der Waals surface area contributed by atoms with Crippen LogP contribution in [0.15, 0.2) is 76.4 Å². The van der Waals surface area contributed by atoms with E-state index in [0.29, 0.717) is 23.1 Å². The van der Waals surface area contributed by atoms with Crippen molar-refractivity contribution in [3.63, 3.8) is 0 Å². The summed E-state index contributed by atoms with van der Waals surface area (Å²) in [6, 6.07) is 17.5. The van der Waals surface area contributed by atoms with Crippen LogP contribution < -0.4 is 10.2 Å². The maximum absolute atomic E-state index is 12.0. The third-order valence-electron chi connectivity index (χ3n) is 4.58. The highest BCUT2D eigenvalue weighted by Gasteiger charge is 2.12. The van der Waals surface area contributed by atoms with Gasteiger partial charge in [0, 0.05) is 27.7 Å². The van der Waals surface area contributed by atoms with E-state index >= 15 is 0 Å². The molecule has 0 fully saturated rings. The maximum atomic E-state index is 12.0. The van der Waals surface area contributed by atoms with E-state index < -0.39 is 11.9 Å². The number of hydrogen-bond donors (Lipinski definition) is 2. The predicted octanol–water partition coefficient (Wildman–Crippen LogP) is 4.16. The lowest BCUT2D eigenvalue weighted by atomic mass is 10.2. The van der Waals surface area contributed by atoms with Crippen molar-refractivity contribution in [3.05, 3.63) is 89.0 Å². The molecule has 0 unspecified atom stereocenters. The van der Waals surface area contributed by atoms with Gasteiger partial charge < -0.3 is 18.8 Å². The van der Waals surface area contributed by atoms with Crippen LogP contribution >= 0.6 is 11.6 Å². The standard InChI is InChI=1S/C23H18ClN3O5/c24-16-4-3-5-17(10-16)31-14-22(28)26-25-11-15-12-27(20-7-2-1-6-19(15)20)13-18-8-9-21(32-18)23(29)30/h1-12H,13-14H2,(H,26,28)(H,29,30). The normalized spacial score (nSPS) is 11.2. The number of aromatic nitrogens is 1. The van der Waals surface area contributed by atoms with Crippen molar-refractivity contribution in [1.29, 1.82) is 0 Å². The summed E-state index contributed by atoms with van der Waals surface area (Å²) in [5, 5.41) is 14.5. The fourth-order valence-electron chi connectivity index (χ4n) is 3.17. The molecule has 1 amide bonds. The van der Waals surface area contributed by atoms with Gasteiger partial charge in [0.2, 0.25) is 5.76 Å². The number of ether oxygens (including phenoxy) is 1. The van der Waals surface area contributed by atoms with Gasteiger partial charge >= 0.3 is 5.97 Å². The first-order valence-electron chi connectivity index (χ1n) is 9.60. The third kappa shape index (κ3) is 4.98. The van der Waals surface area contributed by atoms with Crippen LogP contribution in [-0.4, -0.2) is 34.4 Å². The van der Waals surface area contributed by atoms with E-state index in [0.717, 1.165) is 16.5 Å². The molecule has 0 radical (unpaired) electrons. The number of rotatable bonds is 8. The number of hydrazone groups is 1. The van der Waals surface area contributed by atoms with Gasteiger partial charge in [-0.2, -0.15) is 5.10 Å². The summed E-state index contributed by atoms with van der Waals surface area (Å²) in [7, 11) is 0. The molecule has 0 atom stereocenters. The van der Waals surface area contributed by atoms with Crippen LogP contribution in [0.1, 0.15) is 21.9 Å². The molecule has 0 spiro atoms. The Labute approximate surface area is 187 Å². The number of furan rings is 1. The SMILES string of the molecule is O=C(COc1cccc(Cl)c1)NN=Cc1cn(Cc2ccc(C(=O)O)o2)c2ccccc12. The lowest BCUT2D eigenvalue weighted by molar-refractivity contribution is -0.123. The van der Waals surface area contributed by atoms with Crippen molar-refractivity contribution in [2.24, 2.45) is 5.10 Å². The Morgan fingerprint density at radius 3 is 2.78 bits per heavy atom. The van der Waals surface area contributed by atoms with Gasteiger partial charge in [0.05, 0.1) is 12.8 Å². The van der Waals surface area contributed by atoms with Gasteiger partial charge in [-0.05, 0) is 36.4 Å². The molecule has 2 aromatic carbocycles. The first-order chi connectivity index (χ1) is 15.5. The fraction of sp³-hybridized carbons (Fsp3) is 0.0870. The molecule has 9 heteroatoms. The van der Waals surface area contributed by atoms with Crippen LogP contribution in [0.4, 0.5) is 0 Å². The number of carbonyl (C=O) groups excluding carboxylic acids is 1. The van der Waals surface area contributed by atoms with Crippen molar-refractivity contribution < 1.29 is 23.8 Å². The summed E-state index contributed by atoms with van der Waals surface area (Å²) in [5.74, 6) is -0.638. The van der Waals surface area contributed by atoms with Crippen LogP contribution in [-0.2, 0) is 11.3 Å². The summed E-state index contributed by atoms with van der Waals surface area (Å²) >= 11 is 5.89. The number of halogens is 1. The molecule has 0 saturated heterocycles. The maximum Gasteiger partial charge on any atom is 0.371 e. The number of carboxylic acid groups (broad SMARTS) is 1. The lowest BCUT2D eigenvalue weighted by Gasteiger charge is -2.04. The summed E-state index contributed by atoms with van der Waals surface area (Å²) in [4.78, 5) is 23.0. The zero-order chi connectivity index (χ0) is 22.5. The molecular formula is C23H18ClN3O5.